The highest BCUT2D eigenvalue weighted by Crippen LogP contribution is 2.16. The highest BCUT2D eigenvalue weighted by molar-refractivity contribution is 6.02. The van der Waals surface area contributed by atoms with Crippen molar-refractivity contribution in [2.45, 2.75) is 13.3 Å². The maximum Gasteiger partial charge on any atom is 0.248 e. The van der Waals surface area contributed by atoms with Crippen molar-refractivity contribution in [3.05, 3.63) is 78.4 Å². The molecule has 0 bridgehead atoms. The normalized spacial score (nSPS) is 10.5. The van der Waals surface area contributed by atoms with E-state index in [9.17, 15) is 4.79 Å². The second-order valence-corrected chi connectivity index (χ2v) is 5.00. The molecule has 0 saturated heterocycles. The van der Waals surface area contributed by atoms with E-state index in [1.165, 1.54) is 6.08 Å². The Morgan fingerprint density at radius 3 is 2.61 bits per heavy atom. The van der Waals surface area contributed by atoms with Crippen LogP contribution in [0.1, 0.15) is 18.1 Å². The summed E-state index contributed by atoms with van der Waals surface area (Å²) in [6, 6.07) is 15.4. The molecule has 1 amide bonds. The minimum Gasteiger partial charge on any atom is -0.490 e. The number of rotatable bonds is 7. The third-order valence-electron chi connectivity index (χ3n) is 3.33. The first-order valence-corrected chi connectivity index (χ1v) is 7.63. The molecule has 0 aliphatic rings. The van der Waals surface area contributed by atoms with E-state index in [4.69, 9.17) is 4.74 Å². The Kier molecular flexibility index (Phi) is 6.18. The van der Waals surface area contributed by atoms with Crippen LogP contribution in [0.4, 0.5) is 5.69 Å². The Morgan fingerprint density at radius 1 is 1.17 bits per heavy atom. The molecule has 0 aromatic heterocycles. The van der Waals surface area contributed by atoms with E-state index >= 15 is 0 Å². The Morgan fingerprint density at radius 2 is 1.91 bits per heavy atom. The summed E-state index contributed by atoms with van der Waals surface area (Å²) in [4.78, 5) is 12.0. The molecule has 1 N–H and O–H groups in total. The van der Waals surface area contributed by atoms with Crippen LogP contribution in [0.5, 0.6) is 5.75 Å². The summed E-state index contributed by atoms with van der Waals surface area (Å²) in [5, 5.41) is 2.91. The minimum absolute atomic E-state index is 0.141. The number of hydrogen-bond donors (Lipinski definition) is 1. The number of para-hydroxylation sites is 1. The quantitative estimate of drug-likeness (QED) is 0.605. The number of aryl methyl sites for hydroxylation is 1. The van der Waals surface area contributed by atoms with Gasteiger partial charge < -0.3 is 10.1 Å². The predicted molar refractivity (Wildman–Crippen MR) is 95.6 cm³/mol. The molecule has 0 heterocycles. The number of amides is 1. The Hall–Kier alpha value is -2.81. The number of carbonyl (C=O) groups is 1. The standard InChI is InChI=1S/C20H21NO2/c1-3-15-23-18-12-9-16(10-13-18)11-14-20(22)21-19-8-6-5-7-17(19)4-2/h3,5-14H,1,4,15H2,2H3,(H,21,22)/b14-11+. The van der Waals surface area contributed by atoms with Crippen LogP contribution in [-0.2, 0) is 11.2 Å². The molecule has 2 aromatic carbocycles. The maximum atomic E-state index is 12.0. The van der Waals surface area contributed by atoms with Gasteiger partial charge in [0.15, 0.2) is 0 Å². The zero-order chi connectivity index (χ0) is 16.5. The summed E-state index contributed by atoms with van der Waals surface area (Å²) in [7, 11) is 0. The van der Waals surface area contributed by atoms with Crippen LogP contribution < -0.4 is 10.1 Å². The molecule has 0 unspecified atom stereocenters. The number of ether oxygens (including phenoxy) is 1. The first-order chi connectivity index (χ1) is 11.2. The van der Waals surface area contributed by atoms with Gasteiger partial charge in [0.1, 0.15) is 12.4 Å². The molecule has 0 spiro atoms. The first-order valence-electron chi connectivity index (χ1n) is 7.63. The van der Waals surface area contributed by atoms with Gasteiger partial charge in [-0.25, -0.2) is 0 Å². The Labute approximate surface area is 137 Å². The second kappa shape index (κ2) is 8.59. The van der Waals surface area contributed by atoms with E-state index in [1.807, 2.05) is 48.5 Å². The van der Waals surface area contributed by atoms with Gasteiger partial charge in [-0.05, 0) is 41.8 Å². The predicted octanol–water partition coefficient (Wildman–Crippen LogP) is 4.47. The smallest absolute Gasteiger partial charge is 0.248 e. The van der Waals surface area contributed by atoms with Gasteiger partial charge in [0, 0.05) is 11.8 Å². The highest BCUT2D eigenvalue weighted by atomic mass is 16.5. The lowest BCUT2D eigenvalue weighted by molar-refractivity contribution is -0.111. The lowest BCUT2D eigenvalue weighted by Crippen LogP contribution is -2.09. The summed E-state index contributed by atoms with van der Waals surface area (Å²) in [6.45, 7) is 6.16. The van der Waals surface area contributed by atoms with Crippen LogP contribution in [0, 0.1) is 0 Å². The highest BCUT2D eigenvalue weighted by Gasteiger charge is 2.02. The van der Waals surface area contributed by atoms with Gasteiger partial charge in [-0.3, -0.25) is 4.79 Å². The lowest BCUT2D eigenvalue weighted by atomic mass is 10.1. The largest absolute Gasteiger partial charge is 0.490 e. The third-order valence-corrected chi connectivity index (χ3v) is 3.33. The molecule has 0 aliphatic carbocycles. The summed E-state index contributed by atoms with van der Waals surface area (Å²) < 4.78 is 5.42. The molecular formula is C20H21NO2. The van der Waals surface area contributed by atoms with Crippen LogP contribution in [0.25, 0.3) is 6.08 Å². The van der Waals surface area contributed by atoms with Crippen molar-refractivity contribution in [2.24, 2.45) is 0 Å². The van der Waals surface area contributed by atoms with Gasteiger partial charge in [-0.1, -0.05) is 49.9 Å². The second-order valence-electron chi connectivity index (χ2n) is 5.00. The van der Waals surface area contributed by atoms with Gasteiger partial charge in [-0.15, -0.1) is 0 Å². The molecule has 3 nitrogen and oxygen atoms in total. The van der Waals surface area contributed by atoms with Gasteiger partial charge in [-0.2, -0.15) is 0 Å². The van der Waals surface area contributed by atoms with E-state index < -0.39 is 0 Å². The van der Waals surface area contributed by atoms with Crippen molar-refractivity contribution >= 4 is 17.7 Å². The number of anilines is 1. The molecule has 0 aliphatic heterocycles. The van der Waals surface area contributed by atoms with E-state index in [-0.39, 0.29) is 5.91 Å². The number of hydrogen-bond acceptors (Lipinski definition) is 2. The van der Waals surface area contributed by atoms with Crippen molar-refractivity contribution in [3.63, 3.8) is 0 Å². The van der Waals surface area contributed by atoms with Crippen molar-refractivity contribution in [2.75, 3.05) is 11.9 Å². The molecule has 23 heavy (non-hydrogen) atoms. The fourth-order valence-electron chi connectivity index (χ4n) is 2.13. The average molecular weight is 307 g/mol. The summed E-state index contributed by atoms with van der Waals surface area (Å²) in [6.07, 6.45) is 5.89. The van der Waals surface area contributed by atoms with E-state index in [2.05, 4.69) is 18.8 Å². The topological polar surface area (TPSA) is 38.3 Å². The fourth-order valence-corrected chi connectivity index (χ4v) is 2.13. The molecule has 0 atom stereocenters. The van der Waals surface area contributed by atoms with Crippen molar-refractivity contribution in [3.8, 4) is 5.75 Å². The molecular weight excluding hydrogens is 286 g/mol. The van der Waals surface area contributed by atoms with Crippen molar-refractivity contribution in [1.82, 2.24) is 0 Å². The van der Waals surface area contributed by atoms with Crippen molar-refractivity contribution < 1.29 is 9.53 Å². The summed E-state index contributed by atoms with van der Waals surface area (Å²) in [5.41, 5.74) is 2.92. The molecule has 3 heteroatoms. The van der Waals surface area contributed by atoms with E-state index in [1.54, 1.807) is 12.2 Å². The monoisotopic (exact) mass is 307 g/mol. The van der Waals surface area contributed by atoms with Gasteiger partial charge >= 0.3 is 0 Å². The molecule has 118 valence electrons. The zero-order valence-corrected chi connectivity index (χ0v) is 13.3. The van der Waals surface area contributed by atoms with E-state index in [0.717, 1.165) is 29.0 Å². The minimum atomic E-state index is -0.141. The number of nitrogens with one attached hydrogen (secondary N) is 1. The summed E-state index contributed by atoms with van der Waals surface area (Å²) in [5.74, 6) is 0.640. The van der Waals surface area contributed by atoms with Crippen LogP contribution >= 0.6 is 0 Å². The van der Waals surface area contributed by atoms with Crippen LogP contribution in [-0.4, -0.2) is 12.5 Å². The van der Waals surface area contributed by atoms with Crippen LogP contribution in [0.3, 0.4) is 0 Å². The van der Waals surface area contributed by atoms with Gasteiger partial charge in [0.25, 0.3) is 0 Å². The molecule has 0 saturated carbocycles. The third kappa shape index (κ3) is 5.15. The summed E-state index contributed by atoms with van der Waals surface area (Å²) >= 11 is 0. The lowest BCUT2D eigenvalue weighted by Gasteiger charge is -2.07. The molecule has 0 fully saturated rings. The number of benzene rings is 2. The maximum absolute atomic E-state index is 12.0. The first kappa shape index (κ1) is 16.6. The van der Waals surface area contributed by atoms with Gasteiger partial charge in [0.05, 0.1) is 0 Å². The van der Waals surface area contributed by atoms with Crippen LogP contribution in [0.15, 0.2) is 67.3 Å². The number of carbonyl (C=O) groups excluding carboxylic acids is 1. The Balaban J connectivity index is 1.96. The fraction of sp³-hybridized carbons (Fsp3) is 0.150. The Bertz CT molecular complexity index is 687. The van der Waals surface area contributed by atoms with E-state index in [0.29, 0.717) is 6.61 Å². The zero-order valence-electron chi connectivity index (χ0n) is 13.3. The molecule has 2 rings (SSSR count). The SMILES string of the molecule is C=CCOc1ccc(/C=C/C(=O)Nc2ccccc2CC)cc1. The van der Waals surface area contributed by atoms with Gasteiger partial charge in [0.2, 0.25) is 5.91 Å². The van der Waals surface area contributed by atoms with Crippen molar-refractivity contribution in [1.29, 1.82) is 0 Å². The molecule has 2 aromatic rings. The van der Waals surface area contributed by atoms with Crippen LogP contribution in [0.2, 0.25) is 0 Å². The molecule has 0 radical (unpaired) electrons. The average Bonchev–Trinajstić information content (AvgIpc) is 2.59.